The summed E-state index contributed by atoms with van der Waals surface area (Å²) in [6.07, 6.45) is 11.7. The van der Waals surface area contributed by atoms with Crippen molar-refractivity contribution in [1.82, 2.24) is 15.0 Å². The molecule has 1 fully saturated rings. The quantitative estimate of drug-likeness (QED) is 0.654. The molecule has 2 aliphatic heterocycles. The fourth-order valence-electron chi connectivity index (χ4n) is 4.29. The van der Waals surface area contributed by atoms with Gasteiger partial charge in [0.2, 0.25) is 5.95 Å². The van der Waals surface area contributed by atoms with Gasteiger partial charge in [-0.05, 0) is 79.6 Å². The van der Waals surface area contributed by atoms with E-state index in [1.54, 1.807) is 0 Å². The van der Waals surface area contributed by atoms with Crippen molar-refractivity contribution < 1.29 is 0 Å². The van der Waals surface area contributed by atoms with Crippen LogP contribution in [0.15, 0.2) is 53.9 Å². The molecule has 0 bridgehead atoms. The lowest BCUT2D eigenvalue weighted by Crippen LogP contribution is -2.37. The molecule has 3 N–H and O–H groups in total. The van der Waals surface area contributed by atoms with Gasteiger partial charge in [0.05, 0.1) is 5.69 Å². The van der Waals surface area contributed by atoms with Crippen molar-refractivity contribution >= 4 is 29.4 Å². The molecule has 158 valence electrons. The number of fused-ring (bicyclic) bond motifs is 1. The molecule has 1 saturated heterocycles. The van der Waals surface area contributed by atoms with Crippen LogP contribution in [-0.2, 0) is 6.42 Å². The molecular formula is C24H27N7. The molecule has 7 heteroatoms. The molecule has 0 atom stereocenters. The average Bonchev–Trinajstić information content (AvgIpc) is 2.84. The van der Waals surface area contributed by atoms with Gasteiger partial charge in [-0.2, -0.15) is 4.98 Å². The van der Waals surface area contributed by atoms with E-state index in [0.29, 0.717) is 11.9 Å². The molecule has 2 aromatic heterocycles. The normalized spacial score (nSPS) is 16.2. The van der Waals surface area contributed by atoms with Crippen LogP contribution in [0.4, 0.5) is 23.1 Å². The van der Waals surface area contributed by atoms with Gasteiger partial charge in [-0.25, -0.2) is 4.98 Å². The number of rotatable bonds is 5. The van der Waals surface area contributed by atoms with E-state index in [0.717, 1.165) is 73.6 Å². The second-order valence-electron chi connectivity index (χ2n) is 8.15. The van der Waals surface area contributed by atoms with Crippen LogP contribution in [0.2, 0.25) is 0 Å². The van der Waals surface area contributed by atoms with Crippen molar-refractivity contribution in [2.75, 3.05) is 29.9 Å². The van der Waals surface area contributed by atoms with E-state index >= 15 is 0 Å². The number of hydrogen-bond donors (Lipinski definition) is 2. The number of hydrogen-bond acceptors (Lipinski definition) is 7. The third kappa shape index (κ3) is 4.27. The molecule has 0 saturated carbocycles. The third-order valence-corrected chi connectivity index (χ3v) is 6.12. The Morgan fingerprint density at radius 3 is 2.74 bits per heavy atom. The number of aliphatic imine (C=N–C) groups is 1. The predicted molar refractivity (Wildman–Crippen MR) is 125 cm³/mol. The first-order valence-electron chi connectivity index (χ1n) is 10.9. The Morgan fingerprint density at radius 2 is 1.94 bits per heavy atom. The molecule has 0 radical (unpaired) electrons. The van der Waals surface area contributed by atoms with E-state index in [4.69, 9.17) is 10.7 Å². The molecule has 0 aliphatic carbocycles. The topological polar surface area (TPSA) is 92.3 Å². The average molecular weight is 414 g/mol. The largest absolute Gasteiger partial charge is 0.356 e. The van der Waals surface area contributed by atoms with E-state index in [1.165, 1.54) is 5.56 Å². The number of nitrogens with one attached hydrogen (secondary N) is 1. The highest BCUT2D eigenvalue weighted by Crippen LogP contribution is 2.33. The number of anilines is 3. The first-order chi connectivity index (χ1) is 15.3. The summed E-state index contributed by atoms with van der Waals surface area (Å²) in [6, 6.07) is 10.3. The molecule has 3 aromatic rings. The summed E-state index contributed by atoms with van der Waals surface area (Å²) in [5.41, 5.74) is 11.3. The lowest BCUT2D eigenvalue weighted by atomic mass is 9.96. The van der Waals surface area contributed by atoms with Crippen LogP contribution < -0.4 is 16.0 Å². The minimum Gasteiger partial charge on any atom is -0.356 e. The third-order valence-electron chi connectivity index (χ3n) is 6.12. The minimum absolute atomic E-state index is 0.596. The van der Waals surface area contributed by atoms with E-state index in [1.807, 2.05) is 43.0 Å². The molecule has 5 rings (SSSR count). The second kappa shape index (κ2) is 8.81. The predicted octanol–water partition coefficient (Wildman–Crippen LogP) is 4.11. The molecule has 4 heterocycles. The minimum atomic E-state index is 0.596. The molecule has 31 heavy (non-hydrogen) atoms. The number of benzene rings is 1. The molecule has 0 spiro atoms. The maximum atomic E-state index is 5.90. The first kappa shape index (κ1) is 19.6. The lowest BCUT2D eigenvalue weighted by molar-refractivity contribution is 0.413. The monoisotopic (exact) mass is 413 g/mol. The van der Waals surface area contributed by atoms with Gasteiger partial charge in [0.1, 0.15) is 5.82 Å². The van der Waals surface area contributed by atoms with Crippen molar-refractivity contribution in [2.45, 2.75) is 25.7 Å². The summed E-state index contributed by atoms with van der Waals surface area (Å²) in [6.45, 7) is 2.66. The molecular weight excluding hydrogens is 386 g/mol. The summed E-state index contributed by atoms with van der Waals surface area (Å²) < 4.78 is 0. The highest BCUT2D eigenvalue weighted by atomic mass is 15.2. The van der Waals surface area contributed by atoms with Gasteiger partial charge in [-0.1, -0.05) is 0 Å². The Kier molecular flexibility index (Phi) is 5.58. The zero-order valence-corrected chi connectivity index (χ0v) is 17.5. The Hall–Kier alpha value is -3.32. The van der Waals surface area contributed by atoms with E-state index in [9.17, 15) is 0 Å². The van der Waals surface area contributed by atoms with Crippen molar-refractivity contribution in [3.8, 4) is 11.1 Å². The number of aromatic nitrogens is 3. The van der Waals surface area contributed by atoms with Gasteiger partial charge in [0.15, 0.2) is 0 Å². The highest BCUT2D eigenvalue weighted by Gasteiger charge is 2.22. The Morgan fingerprint density at radius 1 is 1.10 bits per heavy atom. The van der Waals surface area contributed by atoms with Crippen LogP contribution in [0.5, 0.6) is 0 Å². The Balaban J connectivity index is 1.46. The van der Waals surface area contributed by atoms with Gasteiger partial charge in [0.25, 0.3) is 0 Å². The molecule has 0 amide bonds. The number of nitrogens with zero attached hydrogens (tertiary/aromatic N) is 5. The SMILES string of the molecule is NCC1CCN(c2nc(Nc3ccc4c(c3)CCC=N4)ncc2-c2ccncc2)CC1. The number of nitrogens with two attached hydrogens (primary N) is 1. The standard InChI is InChI=1S/C24H27N7/c25-15-17-7-12-31(13-8-17)23-21(18-5-10-26-11-6-18)16-28-24(30-23)29-20-3-4-22-19(14-20)2-1-9-27-22/h3-6,9-11,14,16-17H,1-2,7-8,12-13,15,25H2,(H,28,29,30). The maximum Gasteiger partial charge on any atom is 0.229 e. The summed E-state index contributed by atoms with van der Waals surface area (Å²) in [7, 11) is 0. The second-order valence-corrected chi connectivity index (χ2v) is 8.15. The number of pyridine rings is 1. The molecule has 0 unspecified atom stereocenters. The van der Waals surface area contributed by atoms with Crippen LogP contribution >= 0.6 is 0 Å². The molecule has 1 aromatic carbocycles. The summed E-state index contributed by atoms with van der Waals surface area (Å²) in [5, 5.41) is 3.40. The maximum absolute atomic E-state index is 5.90. The number of piperidine rings is 1. The zero-order chi connectivity index (χ0) is 21.0. The first-order valence-corrected chi connectivity index (χ1v) is 10.9. The van der Waals surface area contributed by atoms with Crippen LogP contribution in [0, 0.1) is 5.92 Å². The zero-order valence-electron chi connectivity index (χ0n) is 17.5. The van der Waals surface area contributed by atoms with Crippen LogP contribution in [0.3, 0.4) is 0 Å². The van der Waals surface area contributed by atoms with E-state index in [-0.39, 0.29) is 0 Å². The number of aryl methyl sites for hydroxylation is 1. The van der Waals surface area contributed by atoms with Gasteiger partial charge in [0, 0.05) is 49.1 Å². The lowest BCUT2D eigenvalue weighted by Gasteiger charge is -2.33. The fourth-order valence-corrected chi connectivity index (χ4v) is 4.29. The van der Waals surface area contributed by atoms with E-state index < -0.39 is 0 Å². The fraction of sp³-hybridized carbons (Fsp3) is 0.333. The summed E-state index contributed by atoms with van der Waals surface area (Å²) in [4.78, 5) is 20.6. The highest BCUT2D eigenvalue weighted by molar-refractivity contribution is 5.77. The van der Waals surface area contributed by atoms with Gasteiger partial charge in [-0.3, -0.25) is 9.98 Å². The summed E-state index contributed by atoms with van der Waals surface area (Å²) >= 11 is 0. The smallest absolute Gasteiger partial charge is 0.229 e. The molecule has 2 aliphatic rings. The van der Waals surface area contributed by atoms with Gasteiger partial charge in [-0.15, -0.1) is 0 Å². The van der Waals surface area contributed by atoms with Crippen LogP contribution in [-0.4, -0.2) is 40.8 Å². The Bertz CT molecular complexity index is 1070. The van der Waals surface area contributed by atoms with Crippen molar-refractivity contribution in [1.29, 1.82) is 0 Å². The van der Waals surface area contributed by atoms with Crippen LogP contribution in [0.25, 0.3) is 11.1 Å². The van der Waals surface area contributed by atoms with E-state index in [2.05, 4.69) is 37.3 Å². The Labute approximate surface area is 182 Å². The van der Waals surface area contributed by atoms with Crippen molar-refractivity contribution in [2.24, 2.45) is 16.6 Å². The van der Waals surface area contributed by atoms with Gasteiger partial charge >= 0.3 is 0 Å². The van der Waals surface area contributed by atoms with Crippen LogP contribution in [0.1, 0.15) is 24.8 Å². The van der Waals surface area contributed by atoms with Crippen molar-refractivity contribution in [3.63, 3.8) is 0 Å². The van der Waals surface area contributed by atoms with Gasteiger partial charge < -0.3 is 16.0 Å². The summed E-state index contributed by atoms with van der Waals surface area (Å²) in [5.74, 6) is 2.16. The molecule has 7 nitrogen and oxygen atoms in total. The van der Waals surface area contributed by atoms with Crippen molar-refractivity contribution in [3.05, 3.63) is 54.5 Å².